The van der Waals surface area contributed by atoms with Crippen LogP contribution in [-0.4, -0.2) is 21.3 Å². The highest BCUT2D eigenvalue weighted by atomic mass is 16.5. The zero-order valence-corrected chi connectivity index (χ0v) is 15.7. The number of nitrogens with zero attached hydrogens (tertiary/aromatic N) is 2. The van der Waals surface area contributed by atoms with Crippen molar-refractivity contribution in [2.45, 2.75) is 52.2 Å². The number of imidazole rings is 1. The van der Waals surface area contributed by atoms with Gasteiger partial charge in [0.15, 0.2) is 0 Å². The maximum atomic E-state index is 10.5. The fourth-order valence-corrected chi connectivity index (χ4v) is 3.22. The van der Waals surface area contributed by atoms with Crippen LogP contribution in [0.1, 0.15) is 50.6 Å². The van der Waals surface area contributed by atoms with Gasteiger partial charge < -0.3 is 14.4 Å². The minimum Gasteiger partial charge on any atom is -0.494 e. The maximum absolute atomic E-state index is 10.5. The number of aromatic nitrogens is 2. The Morgan fingerprint density at radius 3 is 2.58 bits per heavy atom. The zero-order valence-electron chi connectivity index (χ0n) is 15.7. The molecule has 0 unspecified atom stereocenters. The molecule has 0 saturated carbocycles. The van der Waals surface area contributed by atoms with Gasteiger partial charge in [0.25, 0.3) is 0 Å². The van der Waals surface area contributed by atoms with Gasteiger partial charge in [0, 0.05) is 6.54 Å². The molecule has 0 aliphatic heterocycles. The average Bonchev–Trinajstić information content (AvgIpc) is 3.05. The third kappa shape index (κ3) is 4.25. The first kappa shape index (κ1) is 18.5. The van der Waals surface area contributed by atoms with Crippen molar-refractivity contribution < 1.29 is 9.84 Å². The van der Waals surface area contributed by atoms with E-state index < -0.39 is 6.10 Å². The topological polar surface area (TPSA) is 47.3 Å². The van der Waals surface area contributed by atoms with Gasteiger partial charge in [0.05, 0.1) is 17.6 Å². The lowest BCUT2D eigenvalue weighted by Crippen LogP contribution is -2.11. The molecule has 1 aromatic heterocycles. The van der Waals surface area contributed by atoms with Crippen LogP contribution >= 0.6 is 0 Å². The van der Waals surface area contributed by atoms with Crippen molar-refractivity contribution in [2.24, 2.45) is 0 Å². The normalized spacial score (nSPS) is 12.4. The molecule has 0 spiro atoms. The summed E-state index contributed by atoms with van der Waals surface area (Å²) in [6, 6.07) is 16.3. The zero-order chi connectivity index (χ0) is 18.4. The van der Waals surface area contributed by atoms with Crippen LogP contribution in [0.4, 0.5) is 0 Å². The van der Waals surface area contributed by atoms with Crippen molar-refractivity contribution in [3.8, 4) is 5.75 Å². The summed E-state index contributed by atoms with van der Waals surface area (Å²) in [5.74, 6) is 1.67. The molecule has 3 rings (SSSR count). The fraction of sp³-hybridized carbons (Fsp3) is 0.409. The minimum atomic E-state index is -0.519. The monoisotopic (exact) mass is 352 g/mol. The minimum absolute atomic E-state index is 0.519. The Bertz CT molecular complexity index is 824. The van der Waals surface area contributed by atoms with Gasteiger partial charge in [-0.15, -0.1) is 0 Å². The van der Waals surface area contributed by atoms with E-state index in [0.29, 0.717) is 6.61 Å². The summed E-state index contributed by atoms with van der Waals surface area (Å²) in [4.78, 5) is 4.66. The van der Waals surface area contributed by atoms with E-state index >= 15 is 0 Å². The number of aliphatic hydroxyl groups excluding tert-OH is 1. The van der Waals surface area contributed by atoms with Gasteiger partial charge in [-0.2, -0.15) is 0 Å². The van der Waals surface area contributed by atoms with Gasteiger partial charge in [-0.3, -0.25) is 0 Å². The summed E-state index contributed by atoms with van der Waals surface area (Å²) in [5, 5.41) is 10.5. The summed E-state index contributed by atoms with van der Waals surface area (Å²) < 4.78 is 8.01. The molecule has 0 aliphatic rings. The quantitative estimate of drug-likeness (QED) is 0.557. The van der Waals surface area contributed by atoms with E-state index in [0.717, 1.165) is 54.8 Å². The molecule has 0 radical (unpaired) electrons. The second-order valence-electron chi connectivity index (χ2n) is 6.61. The molecule has 4 heteroatoms. The molecule has 0 aliphatic carbocycles. The number of benzene rings is 2. The maximum Gasteiger partial charge on any atom is 0.138 e. The van der Waals surface area contributed by atoms with Crippen molar-refractivity contribution >= 4 is 11.0 Å². The number of hydrogen-bond acceptors (Lipinski definition) is 3. The van der Waals surface area contributed by atoms with E-state index in [1.807, 2.05) is 30.3 Å². The first-order valence-corrected chi connectivity index (χ1v) is 9.58. The second kappa shape index (κ2) is 8.86. The molecule has 1 N–H and O–H groups in total. The largest absolute Gasteiger partial charge is 0.494 e. The molecule has 4 nitrogen and oxygen atoms in total. The highest BCUT2D eigenvalue weighted by Gasteiger charge is 2.17. The summed E-state index contributed by atoms with van der Waals surface area (Å²) in [7, 11) is 0. The van der Waals surface area contributed by atoms with Crippen molar-refractivity contribution in [1.82, 2.24) is 9.55 Å². The van der Waals surface area contributed by atoms with Crippen molar-refractivity contribution in [1.29, 1.82) is 0 Å². The summed E-state index contributed by atoms with van der Waals surface area (Å²) >= 11 is 0. The Hall–Kier alpha value is -2.33. The van der Waals surface area contributed by atoms with Crippen LogP contribution in [0.2, 0.25) is 0 Å². The van der Waals surface area contributed by atoms with Gasteiger partial charge >= 0.3 is 0 Å². The van der Waals surface area contributed by atoms with E-state index in [1.54, 1.807) is 0 Å². The van der Waals surface area contributed by atoms with E-state index in [1.165, 1.54) is 5.56 Å². The van der Waals surface area contributed by atoms with Crippen LogP contribution in [0.15, 0.2) is 48.5 Å². The SMILES string of the molecule is CCC[C@@H](O)c1nc2ccccc2n1CCCOc1ccc(CC)cc1. The smallest absolute Gasteiger partial charge is 0.138 e. The van der Waals surface area contributed by atoms with Crippen LogP contribution in [0.25, 0.3) is 11.0 Å². The molecule has 2 aromatic carbocycles. The van der Waals surface area contributed by atoms with Crippen molar-refractivity contribution in [2.75, 3.05) is 6.61 Å². The van der Waals surface area contributed by atoms with Crippen molar-refractivity contribution in [3.05, 3.63) is 59.9 Å². The summed E-state index contributed by atoms with van der Waals surface area (Å²) in [6.07, 6.45) is 3.04. The van der Waals surface area contributed by atoms with Crippen LogP contribution in [0.5, 0.6) is 5.75 Å². The number of fused-ring (bicyclic) bond motifs is 1. The van der Waals surface area contributed by atoms with Gasteiger partial charge in [-0.1, -0.05) is 44.5 Å². The van der Waals surface area contributed by atoms with Gasteiger partial charge in [0.1, 0.15) is 17.7 Å². The molecule has 26 heavy (non-hydrogen) atoms. The van der Waals surface area contributed by atoms with E-state index in [9.17, 15) is 5.11 Å². The Morgan fingerprint density at radius 2 is 1.85 bits per heavy atom. The molecule has 0 saturated heterocycles. The average molecular weight is 352 g/mol. The molecular formula is C22H28N2O2. The summed E-state index contributed by atoms with van der Waals surface area (Å²) in [5.41, 5.74) is 3.33. The third-order valence-corrected chi connectivity index (χ3v) is 4.67. The van der Waals surface area contributed by atoms with Gasteiger partial charge in [-0.05, 0) is 49.1 Å². The molecular weight excluding hydrogens is 324 g/mol. The Labute approximate surface area is 155 Å². The van der Waals surface area contributed by atoms with Crippen LogP contribution < -0.4 is 4.74 Å². The fourth-order valence-electron chi connectivity index (χ4n) is 3.22. The third-order valence-electron chi connectivity index (χ3n) is 4.67. The molecule has 1 heterocycles. The van der Waals surface area contributed by atoms with Crippen LogP contribution in [-0.2, 0) is 13.0 Å². The Balaban J connectivity index is 1.66. The number of aryl methyl sites for hydroxylation is 2. The molecule has 1 atom stereocenters. The van der Waals surface area contributed by atoms with E-state index in [4.69, 9.17) is 4.74 Å². The lowest BCUT2D eigenvalue weighted by atomic mass is 10.2. The first-order valence-electron chi connectivity index (χ1n) is 9.58. The highest BCUT2D eigenvalue weighted by molar-refractivity contribution is 5.76. The van der Waals surface area contributed by atoms with Gasteiger partial charge in [0.2, 0.25) is 0 Å². The van der Waals surface area contributed by atoms with Crippen LogP contribution in [0, 0.1) is 0 Å². The molecule has 138 valence electrons. The molecule has 0 fully saturated rings. The predicted octanol–water partition coefficient (Wildman–Crippen LogP) is 4.90. The molecule has 3 aromatic rings. The number of rotatable bonds is 9. The number of para-hydroxylation sites is 2. The molecule has 0 amide bonds. The number of hydrogen-bond donors (Lipinski definition) is 1. The van der Waals surface area contributed by atoms with E-state index in [-0.39, 0.29) is 0 Å². The van der Waals surface area contributed by atoms with Crippen molar-refractivity contribution in [3.63, 3.8) is 0 Å². The van der Waals surface area contributed by atoms with Crippen LogP contribution in [0.3, 0.4) is 0 Å². The highest BCUT2D eigenvalue weighted by Crippen LogP contribution is 2.24. The Morgan fingerprint density at radius 1 is 1.08 bits per heavy atom. The number of ether oxygens (including phenoxy) is 1. The second-order valence-corrected chi connectivity index (χ2v) is 6.61. The van der Waals surface area contributed by atoms with Gasteiger partial charge in [-0.25, -0.2) is 4.98 Å². The molecule has 0 bridgehead atoms. The number of aliphatic hydroxyl groups is 1. The first-order chi connectivity index (χ1) is 12.7. The Kier molecular flexibility index (Phi) is 6.29. The summed E-state index contributed by atoms with van der Waals surface area (Å²) in [6.45, 7) is 5.65. The lowest BCUT2D eigenvalue weighted by molar-refractivity contribution is 0.152. The predicted molar refractivity (Wildman–Crippen MR) is 106 cm³/mol. The standard InChI is InChI=1S/C22H28N2O2/c1-3-8-21(25)22-23-19-9-5-6-10-20(19)24(22)15-7-16-26-18-13-11-17(4-2)12-14-18/h5-6,9-14,21,25H,3-4,7-8,15-16H2,1-2H3/t21-/m1/s1. The lowest BCUT2D eigenvalue weighted by Gasteiger charge is -2.14. The van der Waals surface area contributed by atoms with E-state index in [2.05, 4.69) is 41.6 Å².